The van der Waals surface area contributed by atoms with Gasteiger partial charge in [-0.1, -0.05) is 13.0 Å². The zero-order valence-corrected chi connectivity index (χ0v) is 11.7. The summed E-state index contributed by atoms with van der Waals surface area (Å²) >= 11 is 0. The maximum absolute atomic E-state index is 11.7. The number of hydrogen-bond donors (Lipinski definition) is 2. The second-order valence-corrected chi connectivity index (χ2v) is 5.65. The monoisotopic (exact) mass is 275 g/mol. The number of fused-ring (bicyclic) bond motifs is 3. The number of hydrogen-bond acceptors (Lipinski definition) is 4. The van der Waals surface area contributed by atoms with Crippen molar-refractivity contribution in [3.63, 3.8) is 0 Å². The highest BCUT2D eigenvalue weighted by molar-refractivity contribution is 5.72. The third kappa shape index (κ3) is 2.11. The Morgan fingerprint density at radius 3 is 3.10 bits per heavy atom. The SMILES string of the molecule is CC(=O)NN1C=C2C[N+](=O)CC(C)C2C2=CC=CNC21. The number of allylic oxidation sites excluding steroid dienone is 2. The van der Waals surface area contributed by atoms with Crippen molar-refractivity contribution in [1.82, 2.24) is 15.8 Å². The molecule has 3 atom stereocenters. The van der Waals surface area contributed by atoms with Gasteiger partial charge in [-0.2, -0.15) is 0 Å². The number of nitroso groups, excluding NO2 is 1. The van der Waals surface area contributed by atoms with Crippen molar-refractivity contribution >= 4 is 5.91 Å². The third-order valence-electron chi connectivity index (χ3n) is 4.00. The molecule has 0 aromatic rings. The number of rotatable bonds is 1. The highest BCUT2D eigenvalue weighted by Gasteiger charge is 2.44. The fourth-order valence-corrected chi connectivity index (χ4v) is 3.36. The van der Waals surface area contributed by atoms with Crippen LogP contribution in [0.1, 0.15) is 13.8 Å². The van der Waals surface area contributed by atoms with Gasteiger partial charge in [0.25, 0.3) is 0 Å². The zero-order chi connectivity index (χ0) is 14.3. The summed E-state index contributed by atoms with van der Waals surface area (Å²) in [5, 5.41) is 5.03. The molecule has 0 radical (unpaired) electrons. The largest absolute Gasteiger partial charge is 0.366 e. The van der Waals surface area contributed by atoms with Crippen LogP contribution in [-0.4, -0.2) is 34.9 Å². The van der Waals surface area contributed by atoms with Crippen molar-refractivity contribution in [2.45, 2.75) is 20.0 Å². The molecule has 1 fully saturated rings. The first kappa shape index (κ1) is 12.9. The van der Waals surface area contributed by atoms with Crippen molar-refractivity contribution in [2.75, 3.05) is 13.1 Å². The van der Waals surface area contributed by atoms with Crippen LogP contribution >= 0.6 is 0 Å². The molecular weight excluding hydrogens is 256 g/mol. The van der Waals surface area contributed by atoms with Crippen LogP contribution in [0.25, 0.3) is 0 Å². The maximum Gasteiger partial charge on any atom is 0.235 e. The molecule has 3 aliphatic rings. The molecule has 3 heterocycles. The van der Waals surface area contributed by atoms with Crippen molar-refractivity contribution in [3.8, 4) is 0 Å². The lowest BCUT2D eigenvalue weighted by atomic mass is 9.75. The van der Waals surface area contributed by atoms with E-state index in [4.69, 9.17) is 0 Å². The Bertz CT molecular complexity index is 549. The first-order chi connectivity index (χ1) is 9.56. The number of carbonyl (C=O) groups excluding carboxylic acids is 1. The summed E-state index contributed by atoms with van der Waals surface area (Å²) in [6.07, 6.45) is 7.76. The Morgan fingerprint density at radius 1 is 1.55 bits per heavy atom. The van der Waals surface area contributed by atoms with Gasteiger partial charge in [-0.3, -0.25) is 15.2 Å². The van der Waals surface area contributed by atoms with Gasteiger partial charge in [-0.25, -0.2) is 0 Å². The van der Waals surface area contributed by atoms with Gasteiger partial charge in [0.2, 0.25) is 12.5 Å². The molecule has 0 aromatic carbocycles. The van der Waals surface area contributed by atoms with Crippen molar-refractivity contribution < 1.29 is 9.55 Å². The summed E-state index contributed by atoms with van der Waals surface area (Å²) in [5.41, 5.74) is 5.07. The van der Waals surface area contributed by atoms with Gasteiger partial charge in [0.15, 0.2) is 6.54 Å². The summed E-state index contributed by atoms with van der Waals surface area (Å²) < 4.78 is 1.09. The summed E-state index contributed by atoms with van der Waals surface area (Å²) in [7, 11) is 0. The van der Waals surface area contributed by atoms with Gasteiger partial charge in [0.05, 0.1) is 0 Å². The molecule has 2 N–H and O–H groups in total. The number of nitrogens with one attached hydrogen (secondary N) is 2. The number of nitrogens with zero attached hydrogens (tertiary/aromatic N) is 2. The van der Waals surface area contributed by atoms with Gasteiger partial charge in [0, 0.05) is 40.2 Å². The van der Waals surface area contributed by atoms with E-state index in [0.717, 1.165) is 10.3 Å². The highest BCUT2D eigenvalue weighted by Crippen LogP contribution is 2.39. The molecule has 106 valence electrons. The van der Waals surface area contributed by atoms with Gasteiger partial charge in [-0.15, -0.1) is 0 Å². The number of carbonyl (C=O) groups is 1. The second-order valence-electron chi connectivity index (χ2n) is 5.65. The summed E-state index contributed by atoms with van der Waals surface area (Å²) in [5.74, 6) is 0.417. The zero-order valence-electron chi connectivity index (χ0n) is 11.7. The minimum absolute atomic E-state index is 0.0710. The van der Waals surface area contributed by atoms with Crippen LogP contribution in [0, 0.1) is 16.7 Å². The van der Waals surface area contributed by atoms with Crippen molar-refractivity contribution in [2.24, 2.45) is 11.8 Å². The lowest BCUT2D eigenvalue weighted by Crippen LogP contribution is -2.57. The average molecular weight is 275 g/mol. The molecule has 1 saturated heterocycles. The van der Waals surface area contributed by atoms with Crippen LogP contribution in [0.3, 0.4) is 0 Å². The third-order valence-corrected chi connectivity index (χ3v) is 4.00. The lowest BCUT2D eigenvalue weighted by Gasteiger charge is -2.43. The Balaban J connectivity index is 2.00. The molecule has 3 rings (SSSR count). The second kappa shape index (κ2) is 4.77. The van der Waals surface area contributed by atoms with E-state index >= 15 is 0 Å². The average Bonchev–Trinajstić information content (AvgIpc) is 2.37. The number of hydrazine groups is 1. The summed E-state index contributed by atoms with van der Waals surface area (Å²) in [6.45, 7) is 4.54. The molecule has 1 amide bonds. The predicted octanol–water partition coefficient (Wildman–Crippen LogP) is 0.651. The van der Waals surface area contributed by atoms with Gasteiger partial charge < -0.3 is 5.32 Å². The molecule has 0 saturated carbocycles. The molecule has 0 spiro atoms. The molecule has 3 aliphatic heterocycles. The highest BCUT2D eigenvalue weighted by atomic mass is 16.3. The van der Waals surface area contributed by atoms with Crippen molar-refractivity contribution in [3.05, 3.63) is 40.6 Å². The van der Waals surface area contributed by atoms with E-state index in [1.165, 1.54) is 12.5 Å². The Labute approximate surface area is 117 Å². The minimum Gasteiger partial charge on any atom is -0.366 e. The molecule has 0 aromatic heterocycles. The first-order valence-electron chi connectivity index (χ1n) is 6.87. The van der Waals surface area contributed by atoms with Crippen LogP contribution in [0.4, 0.5) is 0 Å². The molecule has 0 bridgehead atoms. The quantitative estimate of drug-likeness (QED) is 0.690. The topological polar surface area (TPSA) is 64.5 Å². The lowest BCUT2D eigenvalue weighted by molar-refractivity contribution is -0.557. The van der Waals surface area contributed by atoms with E-state index < -0.39 is 0 Å². The molecule has 3 unspecified atom stereocenters. The van der Waals surface area contributed by atoms with Crippen LogP contribution < -0.4 is 10.7 Å². The van der Waals surface area contributed by atoms with E-state index in [-0.39, 0.29) is 23.9 Å². The van der Waals surface area contributed by atoms with E-state index in [0.29, 0.717) is 13.1 Å². The molecule has 20 heavy (non-hydrogen) atoms. The van der Waals surface area contributed by atoms with E-state index in [1.54, 1.807) is 5.01 Å². The number of piperidine rings is 1. The van der Waals surface area contributed by atoms with Crippen LogP contribution in [0.2, 0.25) is 0 Å². The fraction of sp³-hybridized carbons (Fsp3) is 0.500. The van der Waals surface area contributed by atoms with E-state index in [2.05, 4.69) is 23.7 Å². The first-order valence-corrected chi connectivity index (χ1v) is 6.87. The van der Waals surface area contributed by atoms with Crippen LogP contribution in [0.5, 0.6) is 0 Å². The van der Waals surface area contributed by atoms with E-state index in [1.807, 2.05) is 18.5 Å². The van der Waals surface area contributed by atoms with Crippen LogP contribution in [-0.2, 0) is 4.79 Å². The fourth-order valence-electron chi connectivity index (χ4n) is 3.36. The van der Waals surface area contributed by atoms with Gasteiger partial charge >= 0.3 is 0 Å². The Morgan fingerprint density at radius 2 is 2.35 bits per heavy atom. The Hall–Kier alpha value is -2.11. The van der Waals surface area contributed by atoms with Crippen molar-refractivity contribution in [1.29, 1.82) is 0 Å². The van der Waals surface area contributed by atoms with E-state index in [9.17, 15) is 9.70 Å². The van der Waals surface area contributed by atoms with Gasteiger partial charge in [0.1, 0.15) is 6.17 Å². The molecule has 6 nitrogen and oxygen atoms in total. The Kier molecular flexibility index (Phi) is 3.08. The van der Waals surface area contributed by atoms with Gasteiger partial charge in [-0.05, 0) is 17.8 Å². The van der Waals surface area contributed by atoms with Crippen LogP contribution in [0.15, 0.2) is 35.7 Å². The maximum atomic E-state index is 11.7. The standard InChI is InChI=1S/C14H18N4O2/c1-9-6-17(20)7-11-8-18(16-10(2)19)14-12(13(9)11)4-3-5-15-14/h3-5,8-9,13-15H,6-7H2,1-2H3/p+1. The molecular formula is C14H19N4O2+. The normalized spacial score (nSPS) is 31.6. The number of amides is 1. The summed E-state index contributed by atoms with van der Waals surface area (Å²) in [6, 6.07) is 0. The summed E-state index contributed by atoms with van der Waals surface area (Å²) in [4.78, 5) is 23.1. The number of dihydropyridines is 1. The smallest absolute Gasteiger partial charge is 0.235 e. The molecule has 6 heteroatoms. The minimum atomic E-state index is -0.126. The molecule has 0 aliphatic carbocycles. The predicted molar refractivity (Wildman–Crippen MR) is 73.9 cm³/mol.